The Morgan fingerprint density at radius 3 is 2.78 bits per heavy atom. The second-order valence-corrected chi connectivity index (χ2v) is 8.91. The van der Waals surface area contributed by atoms with Crippen LogP contribution in [0.3, 0.4) is 0 Å². The largest absolute Gasteiger partial charge is 0.487 e. The average Bonchev–Trinajstić information content (AvgIpc) is 3.56. The highest BCUT2D eigenvalue weighted by Crippen LogP contribution is 2.32. The highest BCUT2D eigenvalue weighted by molar-refractivity contribution is 6.11. The summed E-state index contributed by atoms with van der Waals surface area (Å²) in [4.78, 5) is 11.9. The number of hydrogen-bond acceptors (Lipinski definition) is 2. The molecular formula is C28H31N3O. The van der Waals surface area contributed by atoms with E-state index in [9.17, 15) is 0 Å². The van der Waals surface area contributed by atoms with Gasteiger partial charge < -0.3 is 14.7 Å². The molecule has 0 radical (unpaired) electrons. The van der Waals surface area contributed by atoms with Crippen LogP contribution in [0, 0.1) is 0 Å². The first-order valence-corrected chi connectivity index (χ1v) is 11.8. The van der Waals surface area contributed by atoms with Crippen LogP contribution in [0.5, 0.6) is 0 Å². The van der Waals surface area contributed by atoms with Gasteiger partial charge in [0.1, 0.15) is 18.1 Å². The lowest BCUT2D eigenvalue weighted by Gasteiger charge is -2.12. The van der Waals surface area contributed by atoms with E-state index >= 15 is 0 Å². The summed E-state index contributed by atoms with van der Waals surface area (Å²) in [7, 11) is 0. The SMILES string of the molecule is CC1CCCCCCc2cc1c(C=C1N=C(c3ccc[nH]3)C=C1OCc1ccccc1)[nH]2. The van der Waals surface area contributed by atoms with Crippen LogP contribution in [0.1, 0.15) is 73.2 Å². The van der Waals surface area contributed by atoms with Gasteiger partial charge in [-0.05, 0) is 60.6 Å². The molecule has 0 saturated heterocycles. The zero-order valence-corrected chi connectivity index (χ0v) is 18.7. The normalized spacial score (nSPS) is 20.2. The minimum absolute atomic E-state index is 0.525. The molecule has 4 nitrogen and oxygen atoms in total. The number of allylic oxidation sites excluding steroid dienone is 1. The fourth-order valence-electron chi connectivity index (χ4n) is 4.62. The molecule has 1 aliphatic carbocycles. The van der Waals surface area contributed by atoms with E-state index in [-0.39, 0.29) is 0 Å². The lowest BCUT2D eigenvalue weighted by molar-refractivity contribution is 0.208. The van der Waals surface area contributed by atoms with Crippen molar-refractivity contribution in [1.82, 2.24) is 9.97 Å². The molecule has 3 heterocycles. The summed E-state index contributed by atoms with van der Waals surface area (Å²) in [5.74, 6) is 1.35. The Morgan fingerprint density at radius 1 is 1.06 bits per heavy atom. The van der Waals surface area contributed by atoms with Crippen molar-refractivity contribution < 1.29 is 4.74 Å². The predicted octanol–water partition coefficient (Wildman–Crippen LogP) is 6.90. The molecule has 5 rings (SSSR count). The first kappa shape index (κ1) is 20.6. The third-order valence-corrected chi connectivity index (χ3v) is 6.45. The summed E-state index contributed by atoms with van der Waals surface area (Å²) in [6.07, 6.45) is 13.7. The summed E-state index contributed by atoms with van der Waals surface area (Å²) in [5.41, 5.74) is 7.85. The van der Waals surface area contributed by atoms with E-state index in [1.165, 1.54) is 49.1 Å². The van der Waals surface area contributed by atoms with Gasteiger partial charge in [-0.1, -0.05) is 56.5 Å². The number of aromatic nitrogens is 2. The molecular weight excluding hydrogens is 394 g/mol. The van der Waals surface area contributed by atoms with E-state index in [2.05, 4.69) is 41.2 Å². The van der Waals surface area contributed by atoms with Gasteiger partial charge in [-0.3, -0.25) is 0 Å². The number of aliphatic imine (C=N–C) groups is 1. The Kier molecular flexibility index (Phi) is 6.11. The van der Waals surface area contributed by atoms with Gasteiger partial charge in [0.2, 0.25) is 0 Å². The van der Waals surface area contributed by atoms with Gasteiger partial charge in [0, 0.05) is 23.7 Å². The van der Waals surface area contributed by atoms with Crippen molar-refractivity contribution in [1.29, 1.82) is 0 Å². The molecule has 1 atom stereocenters. The van der Waals surface area contributed by atoms with Crippen LogP contribution in [0.4, 0.5) is 0 Å². The first-order chi connectivity index (χ1) is 15.8. The van der Waals surface area contributed by atoms with Crippen LogP contribution in [-0.4, -0.2) is 15.7 Å². The zero-order chi connectivity index (χ0) is 21.8. The second-order valence-electron chi connectivity index (χ2n) is 8.91. The van der Waals surface area contributed by atoms with Crippen molar-refractivity contribution in [3.8, 4) is 0 Å². The molecule has 0 spiro atoms. The number of nitrogens with zero attached hydrogens (tertiary/aromatic N) is 1. The van der Waals surface area contributed by atoms with Gasteiger partial charge in [-0.15, -0.1) is 0 Å². The van der Waals surface area contributed by atoms with E-state index in [0.717, 1.165) is 34.8 Å². The molecule has 3 aromatic rings. The van der Waals surface area contributed by atoms with Crippen LogP contribution in [-0.2, 0) is 17.8 Å². The summed E-state index contributed by atoms with van der Waals surface area (Å²) in [6.45, 7) is 2.87. The summed E-state index contributed by atoms with van der Waals surface area (Å²) >= 11 is 0. The molecule has 2 aromatic heterocycles. The van der Waals surface area contributed by atoms with E-state index in [1.807, 2.05) is 42.6 Å². The lowest BCUT2D eigenvalue weighted by Crippen LogP contribution is -1.97. The highest BCUT2D eigenvalue weighted by atomic mass is 16.5. The van der Waals surface area contributed by atoms with Crippen LogP contribution in [0.15, 0.2) is 77.3 Å². The standard InChI is InChI=1S/C28H31N3O/c1-20-10-5-2-3-8-13-22-16-23(20)25(30-22)17-27-28(32-19-21-11-6-4-7-12-21)18-26(31-27)24-14-9-15-29-24/h4,6-7,9,11-12,14-18,20,29-30H,2-3,5,8,10,13,19H2,1H3. The summed E-state index contributed by atoms with van der Waals surface area (Å²) < 4.78 is 6.26. The van der Waals surface area contributed by atoms with Crippen LogP contribution < -0.4 is 0 Å². The number of H-pyrrole nitrogens is 2. The maximum Gasteiger partial charge on any atom is 0.147 e. The van der Waals surface area contributed by atoms with Gasteiger partial charge >= 0.3 is 0 Å². The summed E-state index contributed by atoms with van der Waals surface area (Å²) in [6, 6.07) is 16.7. The summed E-state index contributed by atoms with van der Waals surface area (Å²) in [5, 5.41) is 0. The number of rotatable bonds is 5. The minimum atomic E-state index is 0.525. The third kappa shape index (κ3) is 4.64. The highest BCUT2D eigenvalue weighted by Gasteiger charge is 2.21. The Labute approximate surface area is 190 Å². The van der Waals surface area contributed by atoms with Crippen LogP contribution in [0.25, 0.3) is 6.08 Å². The van der Waals surface area contributed by atoms with Gasteiger partial charge in [0.15, 0.2) is 0 Å². The number of benzene rings is 1. The first-order valence-electron chi connectivity index (χ1n) is 11.8. The molecule has 164 valence electrons. The topological polar surface area (TPSA) is 53.2 Å². The van der Waals surface area contributed by atoms with Crippen molar-refractivity contribution in [3.63, 3.8) is 0 Å². The average molecular weight is 426 g/mol. The Morgan fingerprint density at radius 2 is 1.94 bits per heavy atom. The molecule has 1 unspecified atom stereocenters. The maximum absolute atomic E-state index is 6.26. The van der Waals surface area contributed by atoms with Crippen molar-refractivity contribution in [2.24, 2.45) is 4.99 Å². The number of aromatic amines is 2. The molecule has 0 fully saturated rings. The molecule has 2 aliphatic rings. The molecule has 1 aromatic carbocycles. The monoisotopic (exact) mass is 425 g/mol. The molecule has 1 aliphatic heterocycles. The van der Waals surface area contributed by atoms with Crippen molar-refractivity contribution in [3.05, 3.63) is 100 Å². The number of ether oxygens (including phenoxy) is 1. The fraction of sp³-hybridized carbons (Fsp3) is 0.321. The van der Waals surface area contributed by atoms with Crippen molar-refractivity contribution >= 4 is 11.8 Å². The molecule has 32 heavy (non-hydrogen) atoms. The molecule has 4 heteroatoms. The van der Waals surface area contributed by atoms with Gasteiger partial charge in [0.25, 0.3) is 0 Å². The Hall–Kier alpha value is -3.27. The zero-order valence-electron chi connectivity index (χ0n) is 18.7. The molecule has 2 N–H and O–H groups in total. The van der Waals surface area contributed by atoms with E-state index < -0.39 is 0 Å². The third-order valence-electron chi connectivity index (χ3n) is 6.45. The van der Waals surface area contributed by atoms with Crippen LogP contribution in [0.2, 0.25) is 0 Å². The smallest absolute Gasteiger partial charge is 0.147 e. The van der Waals surface area contributed by atoms with Crippen molar-refractivity contribution in [2.45, 2.75) is 58.0 Å². The minimum Gasteiger partial charge on any atom is -0.487 e. The van der Waals surface area contributed by atoms with Gasteiger partial charge in [-0.25, -0.2) is 4.99 Å². The van der Waals surface area contributed by atoms with Gasteiger partial charge in [-0.2, -0.15) is 0 Å². The number of aryl methyl sites for hydroxylation is 1. The Balaban J connectivity index is 1.47. The van der Waals surface area contributed by atoms with E-state index in [4.69, 9.17) is 9.73 Å². The molecule has 0 saturated carbocycles. The Bertz CT molecular complexity index is 1130. The number of fused-ring (bicyclic) bond motifs is 2. The second kappa shape index (κ2) is 9.47. The quantitative estimate of drug-likeness (QED) is 0.459. The predicted molar refractivity (Wildman–Crippen MR) is 131 cm³/mol. The fourth-order valence-corrected chi connectivity index (χ4v) is 4.62. The van der Waals surface area contributed by atoms with Gasteiger partial charge in [0.05, 0.1) is 11.4 Å². The lowest BCUT2D eigenvalue weighted by atomic mass is 9.93. The van der Waals surface area contributed by atoms with E-state index in [0.29, 0.717) is 12.5 Å². The number of nitrogens with one attached hydrogen (secondary N) is 2. The van der Waals surface area contributed by atoms with Crippen LogP contribution >= 0.6 is 0 Å². The molecule has 2 bridgehead atoms. The van der Waals surface area contributed by atoms with E-state index in [1.54, 1.807) is 0 Å². The van der Waals surface area contributed by atoms with Crippen molar-refractivity contribution in [2.75, 3.05) is 0 Å². The number of hydrogen-bond donors (Lipinski definition) is 2. The molecule has 0 amide bonds. The maximum atomic E-state index is 6.26.